The number of carbonyl (C=O) groups is 2. The van der Waals surface area contributed by atoms with Gasteiger partial charge in [-0.3, -0.25) is 19.2 Å². The van der Waals surface area contributed by atoms with Crippen molar-refractivity contribution >= 4 is 11.8 Å². The third kappa shape index (κ3) is 2.03. The highest BCUT2D eigenvalue weighted by atomic mass is 16.2. The van der Waals surface area contributed by atoms with Crippen LogP contribution < -0.4 is 5.73 Å². The van der Waals surface area contributed by atoms with Crippen LogP contribution in [0.15, 0.2) is 0 Å². The van der Waals surface area contributed by atoms with Gasteiger partial charge in [-0.15, -0.1) is 0 Å². The lowest BCUT2D eigenvalue weighted by atomic mass is 10.0. The van der Waals surface area contributed by atoms with E-state index in [1.165, 1.54) is 4.90 Å². The van der Waals surface area contributed by atoms with Gasteiger partial charge in [-0.05, 0) is 20.3 Å². The fraction of sp³-hybridized carbons (Fsp3) is 0.583. The summed E-state index contributed by atoms with van der Waals surface area (Å²) in [5, 5.41) is 4.28. The molecule has 2 heterocycles. The summed E-state index contributed by atoms with van der Waals surface area (Å²) in [6, 6.07) is -0.556. The molecule has 0 radical (unpaired) electrons. The number of carbonyl (C=O) groups excluding carboxylic acids is 2. The Balaban J connectivity index is 2.27. The summed E-state index contributed by atoms with van der Waals surface area (Å²) in [6.07, 6.45) is 0.782. The Labute approximate surface area is 106 Å². The molecule has 98 valence electrons. The van der Waals surface area contributed by atoms with Crippen LogP contribution in [0.25, 0.3) is 0 Å². The highest BCUT2D eigenvalue weighted by Gasteiger charge is 2.32. The molecular formula is C12H18N4O2. The second-order valence-electron chi connectivity index (χ2n) is 4.74. The van der Waals surface area contributed by atoms with Crippen molar-refractivity contribution in [2.75, 3.05) is 0 Å². The van der Waals surface area contributed by atoms with Crippen molar-refractivity contribution in [2.24, 2.45) is 12.8 Å². The molecule has 1 saturated heterocycles. The topological polar surface area (TPSA) is 81.2 Å². The molecule has 1 aromatic heterocycles. The molecule has 2 rings (SSSR count). The standard InChI is InChI=1S/C12H18N4O2/c1-7-9(8(2)15(3)14-7)6-16-11(17)5-4-10(13)12(16)18/h10H,4-6,13H2,1-3H3/t10-/m0/s1. The van der Waals surface area contributed by atoms with Crippen LogP contribution in [-0.4, -0.2) is 32.5 Å². The van der Waals surface area contributed by atoms with Gasteiger partial charge in [0.1, 0.15) is 0 Å². The van der Waals surface area contributed by atoms with Crippen LogP contribution in [0, 0.1) is 13.8 Å². The van der Waals surface area contributed by atoms with Gasteiger partial charge in [-0.1, -0.05) is 0 Å². The van der Waals surface area contributed by atoms with Crippen molar-refractivity contribution < 1.29 is 9.59 Å². The molecule has 0 unspecified atom stereocenters. The minimum absolute atomic E-state index is 0.149. The van der Waals surface area contributed by atoms with E-state index in [1.54, 1.807) is 4.68 Å². The fourth-order valence-electron chi connectivity index (χ4n) is 2.23. The van der Waals surface area contributed by atoms with Gasteiger partial charge >= 0.3 is 0 Å². The molecule has 2 amide bonds. The van der Waals surface area contributed by atoms with E-state index >= 15 is 0 Å². The molecular weight excluding hydrogens is 232 g/mol. The summed E-state index contributed by atoms with van der Waals surface area (Å²) in [4.78, 5) is 25.0. The molecule has 1 aromatic rings. The molecule has 0 aliphatic carbocycles. The van der Waals surface area contributed by atoms with Crippen molar-refractivity contribution in [1.29, 1.82) is 0 Å². The average Bonchev–Trinajstić information content (AvgIpc) is 2.55. The number of nitrogens with two attached hydrogens (primary N) is 1. The number of hydrogen-bond acceptors (Lipinski definition) is 4. The molecule has 18 heavy (non-hydrogen) atoms. The van der Waals surface area contributed by atoms with Crippen LogP contribution >= 0.6 is 0 Å². The van der Waals surface area contributed by atoms with E-state index in [4.69, 9.17) is 5.73 Å². The molecule has 6 heteroatoms. The Morgan fingerprint density at radius 3 is 2.61 bits per heavy atom. The molecule has 2 N–H and O–H groups in total. The van der Waals surface area contributed by atoms with Crippen molar-refractivity contribution in [2.45, 2.75) is 39.3 Å². The first kappa shape index (κ1) is 12.8. The molecule has 1 aliphatic rings. The number of rotatable bonds is 2. The first-order valence-electron chi connectivity index (χ1n) is 6.00. The summed E-state index contributed by atoms with van der Waals surface area (Å²) in [5.41, 5.74) is 8.43. The molecule has 0 bridgehead atoms. The minimum atomic E-state index is -0.556. The Bertz CT molecular complexity index is 506. The quantitative estimate of drug-likeness (QED) is 0.750. The Morgan fingerprint density at radius 2 is 2.06 bits per heavy atom. The van der Waals surface area contributed by atoms with Crippen LogP contribution in [0.3, 0.4) is 0 Å². The number of amides is 2. The summed E-state index contributed by atoms with van der Waals surface area (Å²) >= 11 is 0. The zero-order chi connectivity index (χ0) is 13.4. The predicted molar refractivity (Wildman–Crippen MR) is 65.4 cm³/mol. The maximum absolute atomic E-state index is 11.9. The van der Waals surface area contributed by atoms with Crippen molar-refractivity contribution in [3.05, 3.63) is 17.0 Å². The molecule has 1 atom stereocenters. The molecule has 0 aromatic carbocycles. The lowest BCUT2D eigenvalue weighted by Gasteiger charge is -2.28. The summed E-state index contributed by atoms with van der Waals surface area (Å²) < 4.78 is 1.75. The van der Waals surface area contributed by atoms with Crippen molar-refractivity contribution in [1.82, 2.24) is 14.7 Å². The van der Waals surface area contributed by atoms with E-state index in [1.807, 2.05) is 20.9 Å². The predicted octanol–water partition coefficient (Wildman–Crippen LogP) is 0.0132. The van der Waals surface area contributed by atoms with Gasteiger partial charge in [0.25, 0.3) is 0 Å². The van der Waals surface area contributed by atoms with Crippen molar-refractivity contribution in [3.63, 3.8) is 0 Å². The molecule has 6 nitrogen and oxygen atoms in total. The van der Waals surface area contributed by atoms with Gasteiger partial charge < -0.3 is 5.73 Å². The first-order chi connectivity index (χ1) is 8.41. The monoisotopic (exact) mass is 250 g/mol. The van der Waals surface area contributed by atoms with E-state index in [0.29, 0.717) is 12.8 Å². The number of hydrogen-bond donors (Lipinski definition) is 1. The minimum Gasteiger partial charge on any atom is -0.320 e. The van der Waals surface area contributed by atoms with Gasteiger partial charge in [-0.25, -0.2) is 0 Å². The van der Waals surface area contributed by atoms with E-state index in [-0.39, 0.29) is 18.4 Å². The maximum Gasteiger partial charge on any atom is 0.246 e. The summed E-state index contributed by atoms with van der Waals surface area (Å²) in [7, 11) is 1.84. The van der Waals surface area contributed by atoms with Gasteiger partial charge in [-0.2, -0.15) is 5.10 Å². The Hall–Kier alpha value is -1.69. The van der Waals surface area contributed by atoms with E-state index in [0.717, 1.165) is 17.0 Å². The zero-order valence-corrected chi connectivity index (χ0v) is 10.9. The van der Waals surface area contributed by atoms with Crippen LogP contribution in [-0.2, 0) is 23.2 Å². The summed E-state index contributed by atoms with van der Waals surface area (Å²) in [6.45, 7) is 4.08. The first-order valence-corrected chi connectivity index (χ1v) is 6.00. The lowest BCUT2D eigenvalue weighted by Crippen LogP contribution is -2.50. The summed E-state index contributed by atoms with van der Waals surface area (Å²) in [5.74, 6) is -0.432. The van der Waals surface area contributed by atoms with Gasteiger partial charge in [0.15, 0.2) is 0 Å². The van der Waals surface area contributed by atoms with Crippen LogP contribution in [0.1, 0.15) is 29.8 Å². The Morgan fingerprint density at radius 1 is 1.39 bits per heavy atom. The normalized spacial score (nSPS) is 20.7. The van der Waals surface area contributed by atoms with Crippen LogP contribution in [0.4, 0.5) is 0 Å². The van der Waals surface area contributed by atoms with Crippen LogP contribution in [0.2, 0.25) is 0 Å². The largest absolute Gasteiger partial charge is 0.320 e. The average molecular weight is 250 g/mol. The number of aryl methyl sites for hydroxylation is 2. The Kier molecular flexibility index (Phi) is 3.21. The third-order valence-electron chi connectivity index (χ3n) is 3.53. The second-order valence-corrected chi connectivity index (χ2v) is 4.74. The second kappa shape index (κ2) is 4.53. The molecule has 0 spiro atoms. The molecule has 0 saturated carbocycles. The number of piperidine rings is 1. The maximum atomic E-state index is 11.9. The van der Waals surface area contributed by atoms with E-state index in [9.17, 15) is 9.59 Å². The number of aromatic nitrogens is 2. The SMILES string of the molecule is Cc1nn(C)c(C)c1CN1C(=O)CC[C@H](N)C1=O. The highest BCUT2D eigenvalue weighted by Crippen LogP contribution is 2.19. The van der Waals surface area contributed by atoms with Gasteiger partial charge in [0.05, 0.1) is 18.3 Å². The van der Waals surface area contributed by atoms with Crippen LogP contribution in [0.5, 0.6) is 0 Å². The molecule has 1 aliphatic heterocycles. The fourth-order valence-corrected chi connectivity index (χ4v) is 2.23. The van der Waals surface area contributed by atoms with E-state index < -0.39 is 6.04 Å². The highest BCUT2D eigenvalue weighted by molar-refractivity contribution is 6.00. The molecule has 1 fully saturated rings. The number of nitrogens with zero attached hydrogens (tertiary/aromatic N) is 3. The lowest BCUT2D eigenvalue weighted by molar-refractivity contribution is -0.149. The zero-order valence-electron chi connectivity index (χ0n) is 10.9. The van der Waals surface area contributed by atoms with Gasteiger partial charge in [0, 0.05) is 24.7 Å². The van der Waals surface area contributed by atoms with Crippen molar-refractivity contribution in [3.8, 4) is 0 Å². The number of likely N-dealkylation sites (tertiary alicyclic amines) is 1. The smallest absolute Gasteiger partial charge is 0.246 e. The van der Waals surface area contributed by atoms with Gasteiger partial charge in [0.2, 0.25) is 11.8 Å². The number of imide groups is 1. The third-order valence-corrected chi connectivity index (χ3v) is 3.53. The van der Waals surface area contributed by atoms with E-state index in [2.05, 4.69) is 5.10 Å².